The second kappa shape index (κ2) is 5.50. The maximum Gasteiger partial charge on any atom is 0.306 e. The highest BCUT2D eigenvalue weighted by atomic mass is 35.5. The maximum absolute atomic E-state index is 11.6. The van der Waals surface area contributed by atoms with E-state index in [1.807, 2.05) is 30.3 Å². The van der Waals surface area contributed by atoms with Crippen molar-refractivity contribution < 1.29 is 12.6 Å². The molecule has 2 aromatic carbocycles. The van der Waals surface area contributed by atoms with E-state index in [1.54, 1.807) is 12.1 Å². The van der Waals surface area contributed by atoms with Crippen molar-refractivity contribution in [3.05, 3.63) is 52.5 Å². The highest BCUT2D eigenvalue weighted by Gasteiger charge is 2.20. The van der Waals surface area contributed by atoms with Gasteiger partial charge < -0.3 is 9.17 Å². The molecule has 3 aromatic rings. The normalized spacial score (nSPS) is 11.8. The summed E-state index contributed by atoms with van der Waals surface area (Å²) in [5.41, 5.74) is 1.89. The Balaban J connectivity index is 2.36. The van der Waals surface area contributed by atoms with Gasteiger partial charge in [-0.1, -0.05) is 53.5 Å². The van der Waals surface area contributed by atoms with Crippen LogP contribution in [0, 0.1) is 0 Å². The number of aromatic nitrogens is 1. The Hall–Kier alpha value is -1.69. The van der Waals surface area contributed by atoms with Crippen LogP contribution in [0.5, 0.6) is 5.75 Å². The van der Waals surface area contributed by atoms with E-state index in [0.717, 1.165) is 11.8 Å². The van der Waals surface area contributed by atoms with Crippen molar-refractivity contribution in [2.24, 2.45) is 0 Å². The first kappa shape index (κ1) is 15.2. The van der Waals surface area contributed by atoms with Crippen LogP contribution in [0.3, 0.4) is 0 Å². The smallest absolute Gasteiger partial charge is 0.306 e. The number of hydrogen-bond acceptors (Lipinski definition) is 3. The lowest BCUT2D eigenvalue weighted by atomic mass is 10.1. The molecule has 0 atom stereocenters. The van der Waals surface area contributed by atoms with Gasteiger partial charge in [-0.25, -0.2) is 0 Å². The quantitative estimate of drug-likeness (QED) is 0.704. The molecule has 114 valence electrons. The minimum atomic E-state index is -3.70. The molecule has 0 saturated heterocycles. The highest BCUT2D eigenvalue weighted by Crippen LogP contribution is 2.41. The lowest BCUT2D eigenvalue weighted by molar-refractivity contribution is 0.496. The molecule has 1 heterocycles. The predicted octanol–water partition coefficient (Wildman–Crippen LogP) is 4.48. The molecule has 0 aliphatic carbocycles. The third-order valence-electron chi connectivity index (χ3n) is 3.07. The van der Waals surface area contributed by atoms with E-state index in [4.69, 9.17) is 27.4 Å². The summed E-state index contributed by atoms with van der Waals surface area (Å²) in [5.74, 6) is 0.188. The standard InChI is InChI=1S/C15H11Cl2NO3S/c1-22(19,20)21-15-11-7-10(16)8-12(17)14(11)18-13(15)9-5-3-2-4-6-9/h2-8,18H,1H3. The third kappa shape index (κ3) is 2.92. The number of aromatic amines is 1. The van der Waals surface area contributed by atoms with Crippen molar-refractivity contribution in [1.29, 1.82) is 0 Å². The molecule has 0 aliphatic heterocycles. The minimum absolute atomic E-state index is 0.188. The Morgan fingerprint density at radius 2 is 1.77 bits per heavy atom. The molecule has 0 fully saturated rings. The van der Waals surface area contributed by atoms with Gasteiger partial charge in [0.25, 0.3) is 0 Å². The summed E-state index contributed by atoms with van der Waals surface area (Å²) >= 11 is 12.2. The Morgan fingerprint density at radius 1 is 1.09 bits per heavy atom. The molecule has 0 aliphatic rings. The second-order valence-corrected chi connectivity index (χ2v) is 7.21. The van der Waals surface area contributed by atoms with Gasteiger partial charge in [-0.2, -0.15) is 8.42 Å². The molecular weight excluding hydrogens is 345 g/mol. The monoisotopic (exact) mass is 355 g/mol. The molecule has 7 heteroatoms. The van der Waals surface area contributed by atoms with Gasteiger partial charge in [0.15, 0.2) is 5.75 Å². The van der Waals surface area contributed by atoms with E-state index < -0.39 is 10.1 Å². The van der Waals surface area contributed by atoms with Gasteiger partial charge in [0.05, 0.1) is 22.5 Å². The highest BCUT2D eigenvalue weighted by molar-refractivity contribution is 7.86. The van der Waals surface area contributed by atoms with Crippen molar-refractivity contribution in [2.45, 2.75) is 0 Å². The molecule has 3 rings (SSSR count). The van der Waals surface area contributed by atoms with Crippen LogP contribution in [0.4, 0.5) is 0 Å². The van der Waals surface area contributed by atoms with Gasteiger partial charge in [0, 0.05) is 16.0 Å². The van der Waals surface area contributed by atoms with Crippen LogP contribution in [0.15, 0.2) is 42.5 Å². The summed E-state index contributed by atoms with van der Waals surface area (Å²) in [6, 6.07) is 12.4. The lowest BCUT2D eigenvalue weighted by Gasteiger charge is -2.05. The molecule has 1 aromatic heterocycles. The van der Waals surface area contributed by atoms with Gasteiger partial charge >= 0.3 is 10.1 Å². The van der Waals surface area contributed by atoms with Crippen LogP contribution < -0.4 is 4.18 Å². The van der Waals surface area contributed by atoms with Crippen LogP contribution in [0.2, 0.25) is 10.0 Å². The van der Waals surface area contributed by atoms with Crippen LogP contribution in [-0.4, -0.2) is 19.7 Å². The van der Waals surface area contributed by atoms with E-state index in [1.165, 1.54) is 0 Å². The molecule has 22 heavy (non-hydrogen) atoms. The van der Waals surface area contributed by atoms with Crippen molar-refractivity contribution in [3.63, 3.8) is 0 Å². The first-order chi connectivity index (χ1) is 10.3. The van der Waals surface area contributed by atoms with Crippen molar-refractivity contribution >= 4 is 44.2 Å². The van der Waals surface area contributed by atoms with E-state index in [9.17, 15) is 8.42 Å². The third-order valence-corrected chi connectivity index (χ3v) is 4.06. The van der Waals surface area contributed by atoms with Gasteiger partial charge in [-0.05, 0) is 12.1 Å². The van der Waals surface area contributed by atoms with Gasteiger partial charge in [-0.3, -0.25) is 0 Å². The number of halogens is 2. The zero-order chi connectivity index (χ0) is 15.9. The zero-order valence-corrected chi connectivity index (χ0v) is 13.8. The van der Waals surface area contributed by atoms with Crippen molar-refractivity contribution in [3.8, 4) is 17.0 Å². The molecule has 0 amide bonds. The molecule has 0 saturated carbocycles. The first-order valence-corrected chi connectivity index (χ1v) is 8.88. The Morgan fingerprint density at radius 3 is 2.41 bits per heavy atom. The number of nitrogens with one attached hydrogen (secondary N) is 1. The fourth-order valence-electron chi connectivity index (χ4n) is 2.24. The van der Waals surface area contributed by atoms with Crippen LogP contribution in [0.1, 0.15) is 0 Å². The van der Waals surface area contributed by atoms with Gasteiger partial charge in [0.1, 0.15) is 0 Å². The summed E-state index contributed by atoms with van der Waals surface area (Å²) < 4.78 is 28.4. The summed E-state index contributed by atoms with van der Waals surface area (Å²) in [6.45, 7) is 0. The summed E-state index contributed by atoms with van der Waals surface area (Å²) in [6.07, 6.45) is 0.993. The van der Waals surface area contributed by atoms with Crippen molar-refractivity contribution in [1.82, 2.24) is 4.98 Å². The molecule has 0 unspecified atom stereocenters. The maximum atomic E-state index is 11.6. The number of H-pyrrole nitrogens is 1. The second-order valence-electron chi connectivity index (χ2n) is 4.79. The van der Waals surface area contributed by atoms with Crippen molar-refractivity contribution in [2.75, 3.05) is 6.26 Å². The fraction of sp³-hybridized carbons (Fsp3) is 0.0667. The van der Waals surface area contributed by atoms with Gasteiger partial charge in [0.2, 0.25) is 0 Å². The lowest BCUT2D eigenvalue weighted by Crippen LogP contribution is -2.06. The molecule has 0 bridgehead atoms. The summed E-state index contributed by atoms with van der Waals surface area (Å²) in [4.78, 5) is 3.12. The SMILES string of the molecule is CS(=O)(=O)Oc1c(-c2ccccc2)[nH]c2c(Cl)cc(Cl)cc12. The van der Waals surface area contributed by atoms with E-state index in [2.05, 4.69) is 4.98 Å². The van der Waals surface area contributed by atoms with Crippen LogP contribution in [-0.2, 0) is 10.1 Å². The topological polar surface area (TPSA) is 59.2 Å². The zero-order valence-electron chi connectivity index (χ0n) is 11.4. The molecular formula is C15H11Cl2NO3S. The fourth-order valence-corrected chi connectivity index (χ4v) is 3.26. The Kier molecular flexibility index (Phi) is 3.80. The van der Waals surface area contributed by atoms with E-state index >= 15 is 0 Å². The van der Waals surface area contributed by atoms with Gasteiger partial charge in [-0.15, -0.1) is 0 Å². The molecule has 1 N–H and O–H groups in total. The Labute approximate surface area is 137 Å². The summed E-state index contributed by atoms with van der Waals surface area (Å²) in [7, 11) is -3.70. The average Bonchev–Trinajstić information content (AvgIpc) is 2.77. The number of benzene rings is 2. The van der Waals surface area contributed by atoms with E-state index in [0.29, 0.717) is 26.6 Å². The predicted molar refractivity (Wildman–Crippen MR) is 89.2 cm³/mol. The summed E-state index contributed by atoms with van der Waals surface area (Å²) in [5, 5.41) is 1.30. The molecule has 4 nitrogen and oxygen atoms in total. The Bertz CT molecular complexity index is 950. The molecule has 0 spiro atoms. The average molecular weight is 356 g/mol. The first-order valence-electron chi connectivity index (χ1n) is 6.31. The van der Waals surface area contributed by atoms with Crippen LogP contribution >= 0.6 is 23.2 Å². The molecule has 0 radical (unpaired) electrons. The number of hydrogen-bond donors (Lipinski definition) is 1. The van der Waals surface area contributed by atoms with Crippen LogP contribution in [0.25, 0.3) is 22.2 Å². The number of fused-ring (bicyclic) bond motifs is 1. The number of rotatable bonds is 3. The largest absolute Gasteiger partial charge is 0.380 e. The minimum Gasteiger partial charge on any atom is -0.380 e. The van der Waals surface area contributed by atoms with E-state index in [-0.39, 0.29) is 5.75 Å².